The number of aryl methyl sites for hydroxylation is 3. The maximum absolute atomic E-state index is 13.6. The van der Waals surface area contributed by atoms with E-state index in [9.17, 15) is 19.2 Å². The van der Waals surface area contributed by atoms with Crippen LogP contribution in [-0.4, -0.2) is 129 Å². The van der Waals surface area contributed by atoms with Gasteiger partial charge < -0.3 is 29.4 Å². The van der Waals surface area contributed by atoms with E-state index in [4.69, 9.17) is 0 Å². The molecule has 6 aromatic rings. The van der Waals surface area contributed by atoms with Crippen LogP contribution in [0.25, 0.3) is 21.8 Å². The Morgan fingerprint density at radius 2 is 1.06 bits per heavy atom. The highest BCUT2D eigenvalue weighted by molar-refractivity contribution is 6.13. The van der Waals surface area contributed by atoms with Crippen molar-refractivity contribution in [1.82, 2.24) is 40.2 Å². The normalized spacial score (nSPS) is 16.5. The number of nitrogens with zero attached hydrogens (tertiary/aromatic N) is 10. The van der Waals surface area contributed by atoms with E-state index in [1.165, 1.54) is 12.2 Å². The number of rotatable bonds is 6. The van der Waals surface area contributed by atoms with Crippen molar-refractivity contribution in [1.29, 1.82) is 0 Å². The van der Waals surface area contributed by atoms with Gasteiger partial charge in [-0.1, -0.05) is 25.3 Å². The van der Waals surface area contributed by atoms with Crippen molar-refractivity contribution >= 4 is 68.2 Å². The second-order valence-electron chi connectivity index (χ2n) is 16.3. The summed E-state index contributed by atoms with van der Waals surface area (Å²) in [6, 6.07) is 9.97. The van der Waals surface area contributed by atoms with Gasteiger partial charge in [-0.15, -0.1) is 0 Å². The molecule has 2 fully saturated rings. The summed E-state index contributed by atoms with van der Waals surface area (Å²) in [4.78, 5) is 71.8. The first kappa shape index (κ1) is 41.0. The van der Waals surface area contributed by atoms with Gasteiger partial charge in [0.05, 0.1) is 34.8 Å². The van der Waals surface area contributed by atoms with E-state index in [1.807, 2.05) is 65.8 Å². The van der Waals surface area contributed by atoms with Gasteiger partial charge in [0.25, 0.3) is 11.8 Å². The number of carbonyl (C=O) groups excluding carboxylic acids is 4. The van der Waals surface area contributed by atoms with Crippen LogP contribution in [-0.2, 0) is 22.4 Å². The third-order valence-electron chi connectivity index (χ3n) is 12.8. The van der Waals surface area contributed by atoms with Crippen molar-refractivity contribution in [3.05, 3.63) is 120 Å². The van der Waals surface area contributed by atoms with Crippen molar-refractivity contribution in [3.8, 4) is 0 Å². The molecule has 4 aliphatic rings. The molecule has 2 aromatic carbocycles. The summed E-state index contributed by atoms with van der Waals surface area (Å²) in [6.45, 7) is 19.9. The van der Waals surface area contributed by atoms with E-state index in [1.54, 1.807) is 29.7 Å². The number of carbonyl (C=O) groups is 4. The van der Waals surface area contributed by atoms with Crippen LogP contribution in [0.1, 0.15) is 48.8 Å². The number of piperazine rings is 2. The molecule has 16 heteroatoms. The Kier molecular flexibility index (Phi) is 11.0. The fourth-order valence-corrected chi connectivity index (χ4v) is 9.57. The van der Waals surface area contributed by atoms with E-state index in [2.05, 4.69) is 53.3 Å². The highest BCUT2D eigenvalue weighted by atomic mass is 16.2. The lowest BCUT2D eigenvalue weighted by atomic mass is 9.97. The fourth-order valence-electron chi connectivity index (χ4n) is 9.57. The van der Waals surface area contributed by atoms with Crippen LogP contribution >= 0.6 is 0 Å². The molecule has 0 saturated carbocycles. The van der Waals surface area contributed by atoms with Gasteiger partial charge >= 0.3 is 0 Å². The van der Waals surface area contributed by atoms with E-state index >= 15 is 0 Å². The lowest BCUT2D eigenvalue weighted by Crippen LogP contribution is -2.49. The third-order valence-corrected chi connectivity index (χ3v) is 12.8. The Bertz CT molecular complexity index is 2810. The number of hydrogen-bond donors (Lipinski definition) is 2. The predicted molar refractivity (Wildman–Crippen MR) is 244 cm³/mol. The van der Waals surface area contributed by atoms with Crippen molar-refractivity contribution in [2.24, 2.45) is 0 Å². The zero-order chi connectivity index (χ0) is 43.9. The smallest absolute Gasteiger partial charge is 0.277 e. The van der Waals surface area contributed by atoms with Crippen LogP contribution in [0.4, 0.5) is 22.7 Å². The number of hydrogen-bond acceptors (Lipinski definition) is 10. The molecule has 4 amide bonds. The number of pyridine rings is 2. The second kappa shape index (κ2) is 16.8. The van der Waals surface area contributed by atoms with Crippen molar-refractivity contribution in [2.75, 3.05) is 85.0 Å². The van der Waals surface area contributed by atoms with Gasteiger partial charge in [0.1, 0.15) is 11.4 Å². The Balaban J connectivity index is 0.000000160. The molecule has 63 heavy (non-hydrogen) atoms. The summed E-state index contributed by atoms with van der Waals surface area (Å²) < 4.78 is 0. The third kappa shape index (κ3) is 7.34. The number of aromatic amines is 2. The summed E-state index contributed by atoms with van der Waals surface area (Å²) in [5, 5.41) is 16.2. The van der Waals surface area contributed by atoms with E-state index in [0.717, 1.165) is 111 Å². The van der Waals surface area contributed by atoms with Gasteiger partial charge in [-0.05, 0) is 80.7 Å². The molecule has 4 aliphatic heterocycles. The van der Waals surface area contributed by atoms with Gasteiger partial charge in [0, 0.05) is 111 Å². The van der Waals surface area contributed by atoms with Gasteiger partial charge in [0.2, 0.25) is 11.8 Å². The molecular formula is C47H50N12O4. The summed E-state index contributed by atoms with van der Waals surface area (Å²) >= 11 is 0. The highest BCUT2D eigenvalue weighted by Gasteiger charge is 2.35. The molecule has 322 valence electrons. The fraction of sp³-hybridized carbons (Fsp3) is 0.319. The first-order valence-corrected chi connectivity index (χ1v) is 21.4. The first-order chi connectivity index (χ1) is 30.6. The predicted octanol–water partition coefficient (Wildman–Crippen LogP) is 4.92. The molecule has 0 bridgehead atoms. The number of aromatic nitrogens is 6. The van der Waals surface area contributed by atoms with E-state index < -0.39 is 0 Å². The Morgan fingerprint density at radius 1 is 0.571 bits per heavy atom. The molecule has 2 N–H and O–H groups in total. The molecular weight excluding hydrogens is 797 g/mol. The minimum absolute atomic E-state index is 0.0345. The molecule has 2 saturated heterocycles. The average Bonchev–Trinajstić information content (AvgIpc) is 4.00. The second-order valence-corrected chi connectivity index (χ2v) is 16.3. The summed E-state index contributed by atoms with van der Waals surface area (Å²) in [5.74, 6) is -0.232. The maximum atomic E-state index is 13.6. The van der Waals surface area contributed by atoms with Crippen LogP contribution in [0.5, 0.6) is 0 Å². The van der Waals surface area contributed by atoms with Gasteiger partial charge in [-0.25, -0.2) is 0 Å². The minimum Gasteiger partial charge on any atom is -0.368 e. The highest BCUT2D eigenvalue weighted by Crippen LogP contribution is 2.38. The van der Waals surface area contributed by atoms with Crippen LogP contribution in [0.15, 0.2) is 80.4 Å². The van der Waals surface area contributed by atoms with Crippen LogP contribution in [0.2, 0.25) is 0 Å². The van der Waals surface area contributed by atoms with Crippen molar-refractivity contribution in [2.45, 2.75) is 33.6 Å². The Hall–Kier alpha value is -7.36. The molecule has 0 unspecified atom stereocenters. The minimum atomic E-state index is -0.0830. The topological polar surface area (TPSA) is 171 Å². The zero-order valence-electron chi connectivity index (χ0n) is 35.9. The van der Waals surface area contributed by atoms with Crippen molar-refractivity contribution < 1.29 is 19.2 Å². The SMILES string of the molecule is C=CC(=O)N1CCN(c2c(C)cnc3c2CCN(c2c(C)ccc4[nH]ncc24)C3=O)CC1.C=CC(=O)N1CCN(c2ccnc3c2CCN(c2c(C)ccc4[nH]ncc24)C3=O)CC1. The van der Waals surface area contributed by atoms with Crippen LogP contribution in [0, 0.1) is 20.8 Å². The molecule has 16 nitrogen and oxygen atoms in total. The van der Waals surface area contributed by atoms with E-state index in [-0.39, 0.29) is 23.6 Å². The van der Waals surface area contributed by atoms with Crippen LogP contribution in [0.3, 0.4) is 0 Å². The van der Waals surface area contributed by atoms with Crippen molar-refractivity contribution in [3.63, 3.8) is 0 Å². The molecule has 8 heterocycles. The van der Waals surface area contributed by atoms with Gasteiger partial charge in [-0.2, -0.15) is 10.2 Å². The number of benzene rings is 2. The summed E-state index contributed by atoms with van der Waals surface area (Å²) in [7, 11) is 0. The summed E-state index contributed by atoms with van der Waals surface area (Å²) in [6.07, 6.45) is 11.2. The molecule has 0 aliphatic carbocycles. The Labute approximate surface area is 364 Å². The van der Waals surface area contributed by atoms with Crippen LogP contribution < -0.4 is 19.6 Å². The maximum Gasteiger partial charge on any atom is 0.277 e. The zero-order valence-corrected chi connectivity index (χ0v) is 35.9. The largest absolute Gasteiger partial charge is 0.368 e. The number of H-pyrrole nitrogens is 2. The van der Waals surface area contributed by atoms with E-state index in [0.29, 0.717) is 50.7 Å². The molecule has 4 aromatic heterocycles. The van der Waals surface area contributed by atoms with Gasteiger partial charge in [-0.3, -0.25) is 39.3 Å². The van der Waals surface area contributed by atoms with Gasteiger partial charge in [0.15, 0.2) is 0 Å². The quantitative estimate of drug-likeness (QED) is 0.220. The first-order valence-electron chi connectivity index (χ1n) is 21.4. The lowest BCUT2D eigenvalue weighted by molar-refractivity contribution is -0.127. The molecule has 10 rings (SSSR count). The molecule has 0 radical (unpaired) electrons. The lowest BCUT2D eigenvalue weighted by Gasteiger charge is -2.39. The number of nitrogens with one attached hydrogen (secondary N) is 2. The Morgan fingerprint density at radius 3 is 1.59 bits per heavy atom. The molecule has 0 atom stereocenters. The standard InChI is InChI=1S/C24H26N6O2.C23H24N6O2/c1-4-20(31)28-9-11-29(12-10-28)22-16(3)13-25-21-17(22)7-8-30(24(21)32)23-15(2)5-6-19-18(23)14-26-27-19;1-3-20(30)28-12-10-27(11-13-28)19-6-8-24-21-16(19)7-9-29(23(21)31)22-15(2)4-5-18-17(22)14-25-26-18/h4-6,13-14H,1,7-12H2,2-3H3,(H,26,27);3-6,8,14H,1,7,9-13H2,2H3,(H,25,26). The number of fused-ring (bicyclic) bond motifs is 4. The number of anilines is 4. The summed E-state index contributed by atoms with van der Waals surface area (Å²) in [5.41, 5.74) is 11.9. The molecule has 0 spiro atoms. The monoisotopic (exact) mass is 846 g/mol. The number of amides is 4. The average molecular weight is 847 g/mol.